The summed E-state index contributed by atoms with van der Waals surface area (Å²) in [5.41, 5.74) is 1.03. The summed E-state index contributed by atoms with van der Waals surface area (Å²) in [6.45, 7) is 1.79. The summed E-state index contributed by atoms with van der Waals surface area (Å²) in [7, 11) is 0. The van der Waals surface area contributed by atoms with Gasteiger partial charge in [0, 0.05) is 25.8 Å². The Labute approximate surface area is 113 Å². The Hall–Kier alpha value is -0.910. The van der Waals surface area contributed by atoms with Crippen molar-refractivity contribution in [3.8, 4) is 0 Å². The van der Waals surface area contributed by atoms with Crippen LogP contribution in [0.1, 0.15) is 43.8 Å². The highest BCUT2D eigenvalue weighted by Gasteiger charge is 2.29. The van der Waals surface area contributed by atoms with Gasteiger partial charge in [0.1, 0.15) is 0 Å². The molecular weight excluding hydrogens is 242 g/mol. The lowest BCUT2D eigenvalue weighted by atomic mass is 9.96. The van der Waals surface area contributed by atoms with Gasteiger partial charge in [-0.3, -0.25) is 9.58 Å². The molecule has 0 spiro atoms. The summed E-state index contributed by atoms with van der Waals surface area (Å²) < 4.78 is 2.11. The number of β-amino-alcohol motifs (C(OH)–C–C–N with tert-alkyl or cyclic N) is 2. The predicted octanol–water partition coefficient (Wildman–Crippen LogP) is 0.926. The molecule has 5 heteroatoms. The third-order valence-corrected chi connectivity index (χ3v) is 4.33. The third-order valence-electron chi connectivity index (χ3n) is 4.33. The molecule has 0 radical (unpaired) electrons. The number of hydrogen-bond acceptors (Lipinski definition) is 4. The Bertz CT molecular complexity index is 405. The Morgan fingerprint density at radius 2 is 1.79 bits per heavy atom. The molecular formula is C14H23N3O2. The number of hydrogen-bond donors (Lipinski definition) is 2. The molecule has 2 atom stereocenters. The fraction of sp³-hybridized carbons (Fsp3) is 0.786. The zero-order valence-electron chi connectivity index (χ0n) is 11.3. The van der Waals surface area contributed by atoms with E-state index in [4.69, 9.17) is 0 Å². The average Bonchev–Trinajstić information content (AvgIpc) is 2.99. The van der Waals surface area contributed by atoms with E-state index >= 15 is 0 Å². The maximum Gasteiger partial charge on any atom is 0.0938 e. The molecule has 5 nitrogen and oxygen atoms in total. The lowest BCUT2D eigenvalue weighted by molar-refractivity contribution is 0.0572. The maximum absolute atomic E-state index is 9.54. The van der Waals surface area contributed by atoms with Gasteiger partial charge in [-0.05, 0) is 18.9 Å². The topological polar surface area (TPSA) is 61.5 Å². The van der Waals surface area contributed by atoms with Crippen LogP contribution in [0.5, 0.6) is 0 Å². The summed E-state index contributed by atoms with van der Waals surface area (Å²) in [6, 6.07) is 2.63. The summed E-state index contributed by atoms with van der Waals surface area (Å²) >= 11 is 0. The molecule has 1 aliphatic carbocycles. The highest BCUT2D eigenvalue weighted by Crippen LogP contribution is 2.27. The van der Waals surface area contributed by atoms with E-state index in [0.29, 0.717) is 25.7 Å². The molecule has 1 aliphatic heterocycles. The van der Waals surface area contributed by atoms with Crippen molar-refractivity contribution in [3.05, 3.63) is 18.0 Å². The van der Waals surface area contributed by atoms with Gasteiger partial charge >= 0.3 is 0 Å². The van der Waals surface area contributed by atoms with Crippen molar-refractivity contribution >= 4 is 0 Å². The van der Waals surface area contributed by atoms with E-state index < -0.39 is 12.2 Å². The first-order chi connectivity index (χ1) is 9.22. The largest absolute Gasteiger partial charge is 0.389 e. The molecule has 2 fully saturated rings. The van der Waals surface area contributed by atoms with Gasteiger partial charge < -0.3 is 10.2 Å². The molecule has 19 heavy (non-hydrogen) atoms. The molecule has 3 rings (SSSR count). The molecule has 2 N–H and O–H groups in total. The van der Waals surface area contributed by atoms with Crippen molar-refractivity contribution in [1.82, 2.24) is 14.7 Å². The molecule has 1 aromatic rings. The summed E-state index contributed by atoms with van der Waals surface area (Å²) in [5.74, 6) is 0. The summed E-state index contributed by atoms with van der Waals surface area (Å²) in [4.78, 5) is 2.06. The smallest absolute Gasteiger partial charge is 0.0938 e. The zero-order chi connectivity index (χ0) is 13.2. The van der Waals surface area contributed by atoms with E-state index in [9.17, 15) is 10.2 Å². The SMILES string of the molecule is O[C@@H]1CN(Cc2ccn(C3CCCCC3)n2)C[C@@H]1O. The summed E-state index contributed by atoms with van der Waals surface area (Å²) in [6.07, 6.45) is 7.31. The normalized spacial score (nSPS) is 30.0. The third kappa shape index (κ3) is 2.99. The van der Waals surface area contributed by atoms with Gasteiger partial charge in [-0.25, -0.2) is 0 Å². The standard InChI is InChI=1S/C14H23N3O2/c18-13-9-16(10-14(13)19)8-11-6-7-17(15-11)12-4-2-1-3-5-12/h6-7,12-14,18-19H,1-5,8-10H2/t13-,14+. The molecule has 0 aromatic carbocycles. The van der Waals surface area contributed by atoms with E-state index in [2.05, 4.69) is 26.9 Å². The number of nitrogens with zero attached hydrogens (tertiary/aromatic N) is 3. The lowest BCUT2D eigenvalue weighted by Crippen LogP contribution is -2.22. The van der Waals surface area contributed by atoms with Crippen molar-refractivity contribution in [2.24, 2.45) is 0 Å². The molecule has 0 amide bonds. The minimum absolute atomic E-state index is 0.539. The molecule has 106 valence electrons. The predicted molar refractivity (Wildman–Crippen MR) is 71.6 cm³/mol. The van der Waals surface area contributed by atoms with Gasteiger partial charge in [0.15, 0.2) is 0 Å². The van der Waals surface area contributed by atoms with E-state index in [1.54, 1.807) is 0 Å². The Morgan fingerprint density at radius 3 is 2.47 bits per heavy atom. The van der Waals surface area contributed by atoms with Gasteiger partial charge in [-0.2, -0.15) is 5.10 Å². The van der Waals surface area contributed by atoms with Crippen LogP contribution in [-0.2, 0) is 6.54 Å². The van der Waals surface area contributed by atoms with Gasteiger partial charge in [0.2, 0.25) is 0 Å². The van der Waals surface area contributed by atoms with Crippen molar-refractivity contribution in [2.45, 2.75) is 56.9 Å². The molecule has 1 saturated carbocycles. The first-order valence-corrected chi connectivity index (χ1v) is 7.35. The molecule has 2 heterocycles. The van der Waals surface area contributed by atoms with Crippen LogP contribution in [0.3, 0.4) is 0 Å². The molecule has 0 bridgehead atoms. The number of aliphatic hydroxyl groups excluding tert-OH is 2. The van der Waals surface area contributed by atoms with Crippen LogP contribution in [0.15, 0.2) is 12.3 Å². The van der Waals surface area contributed by atoms with Gasteiger partial charge in [0.05, 0.1) is 23.9 Å². The van der Waals surface area contributed by atoms with Gasteiger partial charge in [-0.1, -0.05) is 19.3 Å². The van der Waals surface area contributed by atoms with Crippen molar-refractivity contribution in [2.75, 3.05) is 13.1 Å². The van der Waals surface area contributed by atoms with Gasteiger partial charge in [-0.15, -0.1) is 0 Å². The zero-order valence-corrected chi connectivity index (χ0v) is 11.3. The fourth-order valence-corrected chi connectivity index (χ4v) is 3.22. The number of aliphatic hydroxyl groups is 2. The minimum Gasteiger partial charge on any atom is -0.389 e. The highest BCUT2D eigenvalue weighted by atomic mass is 16.3. The minimum atomic E-state index is -0.611. The van der Waals surface area contributed by atoms with Crippen LogP contribution in [0.2, 0.25) is 0 Å². The monoisotopic (exact) mass is 265 g/mol. The lowest BCUT2D eigenvalue weighted by Gasteiger charge is -2.22. The first kappa shape index (κ1) is 13.1. The Morgan fingerprint density at radius 1 is 1.11 bits per heavy atom. The van der Waals surface area contributed by atoms with Crippen LogP contribution >= 0.6 is 0 Å². The van der Waals surface area contributed by atoms with Crippen LogP contribution in [0.25, 0.3) is 0 Å². The second kappa shape index (κ2) is 5.61. The van der Waals surface area contributed by atoms with E-state index in [-0.39, 0.29) is 0 Å². The molecule has 1 saturated heterocycles. The average molecular weight is 265 g/mol. The number of likely N-dealkylation sites (tertiary alicyclic amines) is 1. The fourth-order valence-electron chi connectivity index (χ4n) is 3.22. The van der Waals surface area contributed by atoms with Crippen LogP contribution < -0.4 is 0 Å². The number of rotatable bonds is 3. The van der Waals surface area contributed by atoms with Crippen molar-refractivity contribution in [1.29, 1.82) is 0 Å². The van der Waals surface area contributed by atoms with Crippen molar-refractivity contribution in [3.63, 3.8) is 0 Å². The second-order valence-electron chi connectivity index (χ2n) is 5.91. The maximum atomic E-state index is 9.54. The number of aromatic nitrogens is 2. The quantitative estimate of drug-likeness (QED) is 0.853. The van der Waals surface area contributed by atoms with E-state index in [1.165, 1.54) is 32.1 Å². The Balaban J connectivity index is 1.59. The molecule has 1 aromatic heterocycles. The Kier molecular flexibility index (Phi) is 3.86. The second-order valence-corrected chi connectivity index (χ2v) is 5.91. The van der Waals surface area contributed by atoms with Crippen LogP contribution in [-0.4, -0.2) is 50.2 Å². The van der Waals surface area contributed by atoms with Crippen molar-refractivity contribution < 1.29 is 10.2 Å². The van der Waals surface area contributed by atoms with Crippen LogP contribution in [0.4, 0.5) is 0 Å². The molecule has 2 aliphatic rings. The van der Waals surface area contributed by atoms with E-state index in [1.807, 2.05) is 0 Å². The summed E-state index contributed by atoms with van der Waals surface area (Å²) in [5, 5.41) is 23.7. The highest BCUT2D eigenvalue weighted by molar-refractivity contribution is 5.01. The van der Waals surface area contributed by atoms with E-state index in [0.717, 1.165) is 5.69 Å². The van der Waals surface area contributed by atoms with Crippen LogP contribution in [0, 0.1) is 0 Å². The molecule has 0 unspecified atom stereocenters. The van der Waals surface area contributed by atoms with Gasteiger partial charge in [0.25, 0.3) is 0 Å². The first-order valence-electron chi connectivity index (χ1n) is 7.35.